The van der Waals surface area contributed by atoms with E-state index in [2.05, 4.69) is 24.1 Å². The van der Waals surface area contributed by atoms with Crippen molar-refractivity contribution in [3.05, 3.63) is 18.2 Å². The first-order valence-corrected chi connectivity index (χ1v) is 6.91. The van der Waals surface area contributed by atoms with Gasteiger partial charge in [-0.15, -0.1) is 0 Å². The molecule has 0 fully saturated rings. The average Bonchev–Trinajstić information content (AvgIpc) is 2.72. The van der Waals surface area contributed by atoms with E-state index in [-0.39, 0.29) is 5.91 Å². The number of aryl methyl sites for hydroxylation is 2. The molecule has 1 unspecified atom stereocenters. The van der Waals surface area contributed by atoms with Gasteiger partial charge in [0, 0.05) is 31.9 Å². The van der Waals surface area contributed by atoms with E-state index in [9.17, 15) is 9.90 Å². The van der Waals surface area contributed by atoms with Crippen molar-refractivity contribution in [2.75, 3.05) is 6.54 Å². The van der Waals surface area contributed by atoms with Crippen LogP contribution in [0.1, 0.15) is 38.9 Å². The highest BCUT2D eigenvalue weighted by atomic mass is 16.3. The minimum absolute atomic E-state index is 0.000532. The summed E-state index contributed by atoms with van der Waals surface area (Å²) >= 11 is 0. The summed E-state index contributed by atoms with van der Waals surface area (Å²) in [5.74, 6) is 1.41. The number of aliphatic hydroxyl groups excluding tert-OH is 1. The molecule has 1 aromatic rings. The maximum atomic E-state index is 11.6. The van der Waals surface area contributed by atoms with Crippen molar-refractivity contribution in [3.63, 3.8) is 0 Å². The molecule has 0 saturated carbocycles. The van der Waals surface area contributed by atoms with Crippen LogP contribution in [-0.4, -0.2) is 33.2 Å². The van der Waals surface area contributed by atoms with E-state index in [1.807, 2.05) is 17.7 Å². The van der Waals surface area contributed by atoms with Gasteiger partial charge in [0.15, 0.2) is 0 Å². The van der Waals surface area contributed by atoms with Crippen molar-refractivity contribution in [1.29, 1.82) is 0 Å². The second kappa shape index (κ2) is 7.94. The molecule has 0 radical (unpaired) electrons. The maximum Gasteiger partial charge on any atom is 0.220 e. The van der Waals surface area contributed by atoms with Crippen LogP contribution in [0.3, 0.4) is 0 Å². The van der Waals surface area contributed by atoms with Crippen LogP contribution >= 0.6 is 0 Å². The Hall–Kier alpha value is -1.36. The highest BCUT2D eigenvalue weighted by Gasteiger charge is 2.09. The zero-order valence-electron chi connectivity index (χ0n) is 12.1. The molecule has 0 aliphatic heterocycles. The number of aliphatic hydroxyl groups is 1. The van der Waals surface area contributed by atoms with Gasteiger partial charge < -0.3 is 15.0 Å². The summed E-state index contributed by atoms with van der Waals surface area (Å²) in [5.41, 5.74) is 0. The molecule has 0 aliphatic carbocycles. The fourth-order valence-corrected chi connectivity index (χ4v) is 2.00. The van der Waals surface area contributed by atoms with Crippen molar-refractivity contribution in [2.45, 2.75) is 52.7 Å². The third kappa shape index (κ3) is 6.38. The molecule has 0 spiro atoms. The summed E-state index contributed by atoms with van der Waals surface area (Å²) < 4.78 is 2.03. The van der Waals surface area contributed by atoms with Gasteiger partial charge in [0.05, 0.1) is 6.10 Å². The summed E-state index contributed by atoms with van der Waals surface area (Å²) in [6.07, 6.45) is 5.21. The van der Waals surface area contributed by atoms with Gasteiger partial charge in [-0.3, -0.25) is 4.79 Å². The lowest BCUT2D eigenvalue weighted by Crippen LogP contribution is -2.32. The van der Waals surface area contributed by atoms with Crippen molar-refractivity contribution in [1.82, 2.24) is 14.9 Å². The first kappa shape index (κ1) is 15.7. The van der Waals surface area contributed by atoms with Crippen molar-refractivity contribution in [3.8, 4) is 0 Å². The quantitative estimate of drug-likeness (QED) is 0.750. The number of rotatable bonds is 8. The minimum Gasteiger partial charge on any atom is -0.391 e. The lowest BCUT2D eigenvalue weighted by molar-refractivity contribution is -0.121. The van der Waals surface area contributed by atoms with Gasteiger partial charge >= 0.3 is 0 Å². The largest absolute Gasteiger partial charge is 0.391 e. The van der Waals surface area contributed by atoms with Crippen LogP contribution in [0.4, 0.5) is 0 Å². The molecule has 5 heteroatoms. The molecule has 0 saturated heterocycles. The first-order valence-electron chi connectivity index (χ1n) is 6.91. The lowest BCUT2D eigenvalue weighted by Gasteiger charge is -2.13. The predicted molar refractivity (Wildman–Crippen MR) is 74.7 cm³/mol. The molecule has 1 rings (SSSR count). The van der Waals surface area contributed by atoms with Crippen LogP contribution in [0, 0.1) is 12.8 Å². The molecular weight excluding hydrogens is 242 g/mol. The van der Waals surface area contributed by atoms with E-state index in [0.29, 0.717) is 25.3 Å². The van der Waals surface area contributed by atoms with Gasteiger partial charge in [0.1, 0.15) is 5.82 Å². The fraction of sp³-hybridized carbons (Fsp3) is 0.714. The molecule has 1 aromatic heterocycles. The summed E-state index contributed by atoms with van der Waals surface area (Å²) in [4.78, 5) is 15.7. The third-order valence-corrected chi connectivity index (χ3v) is 3.00. The van der Waals surface area contributed by atoms with Crippen LogP contribution in [-0.2, 0) is 11.3 Å². The Bertz CT molecular complexity index is 388. The summed E-state index contributed by atoms with van der Waals surface area (Å²) in [7, 11) is 0. The molecule has 0 aromatic carbocycles. The molecule has 5 nitrogen and oxygen atoms in total. The number of nitrogens with zero attached hydrogens (tertiary/aromatic N) is 2. The number of aromatic nitrogens is 2. The topological polar surface area (TPSA) is 67.2 Å². The van der Waals surface area contributed by atoms with Crippen LogP contribution in [0.2, 0.25) is 0 Å². The van der Waals surface area contributed by atoms with Gasteiger partial charge in [-0.2, -0.15) is 0 Å². The first-order chi connectivity index (χ1) is 8.99. The molecule has 0 aliphatic rings. The Kier molecular flexibility index (Phi) is 6.56. The maximum absolute atomic E-state index is 11.6. The second-order valence-electron chi connectivity index (χ2n) is 5.36. The normalized spacial score (nSPS) is 12.7. The molecule has 0 bridgehead atoms. The molecule has 2 N–H and O–H groups in total. The lowest BCUT2D eigenvalue weighted by atomic mass is 10.1. The van der Waals surface area contributed by atoms with Crippen LogP contribution < -0.4 is 5.32 Å². The Morgan fingerprint density at radius 2 is 2.26 bits per heavy atom. The highest BCUT2D eigenvalue weighted by Crippen LogP contribution is 2.04. The van der Waals surface area contributed by atoms with Gasteiger partial charge in [0.2, 0.25) is 5.91 Å². The second-order valence-corrected chi connectivity index (χ2v) is 5.36. The molecule has 108 valence electrons. The highest BCUT2D eigenvalue weighted by molar-refractivity contribution is 5.75. The Morgan fingerprint density at radius 3 is 2.84 bits per heavy atom. The summed E-state index contributed by atoms with van der Waals surface area (Å²) in [6.45, 7) is 7.20. The number of carbonyl (C=O) groups is 1. The van der Waals surface area contributed by atoms with Crippen molar-refractivity contribution < 1.29 is 9.90 Å². The minimum atomic E-state index is -0.445. The molecule has 1 atom stereocenters. The van der Waals surface area contributed by atoms with E-state index in [4.69, 9.17) is 0 Å². The van der Waals surface area contributed by atoms with E-state index in [1.54, 1.807) is 6.20 Å². The van der Waals surface area contributed by atoms with Crippen LogP contribution in [0.15, 0.2) is 12.4 Å². The number of imidazole rings is 1. The molecule has 19 heavy (non-hydrogen) atoms. The van der Waals surface area contributed by atoms with E-state index >= 15 is 0 Å². The summed E-state index contributed by atoms with van der Waals surface area (Å²) in [5, 5.41) is 12.4. The van der Waals surface area contributed by atoms with E-state index < -0.39 is 6.10 Å². The van der Waals surface area contributed by atoms with Crippen LogP contribution in [0.5, 0.6) is 0 Å². The Labute approximate surface area is 115 Å². The van der Waals surface area contributed by atoms with Gasteiger partial charge in [-0.1, -0.05) is 13.8 Å². The van der Waals surface area contributed by atoms with Gasteiger partial charge in [-0.25, -0.2) is 4.98 Å². The molecule has 1 amide bonds. The number of carbonyl (C=O) groups excluding carboxylic acids is 1. The number of nitrogens with one attached hydrogen (secondary N) is 1. The predicted octanol–water partition coefficient (Wildman–Crippen LogP) is 1.49. The summed E-state index contributed by atoms with van der Waals surface area (Å²) in [6, 6.07) is 0. The standard InChI is InChI=1S/C14H25N3O2/c1-11(2)9-13(18)10-16-14(19)5-4-7-17-8-6-15-12(17)3/h6,8,11,13,18H,4-5,7,9-10H2,1-3H3,(H,16,19). The SMILES string of the molecule is Cc1nccn1CCCC(=O)NCC(O)CC(C)C. The average molecular weight is 267 g/mol. The zero-order valence-corrected chi connectivity index (χ0v) is 12.1. The van der Waals surface area contributed by atoms with Crippen molar-refractivity contribution >= 4 is 5.91 Å². The molecule has 1 heterocycles. The Morgan fingerprint density at radius 1 is 1.53 bits per heavy atom. The third-order valence-electron chi connectivity index (χ3n) is 3.00. The zero-order chi connectivity index (χ0) is 14.3. The number of hydrogen-bond donors (Lipinski definition) is 2. The van der Waals surface area contributed by atoms with E-state index in [1.165, 1.54) is 0 Å². The fourth-order valence-electron chi connectivity index (χ4n) is 2.00. The van der Waals surface area contributed by atoms with Gasteiger partial charge in [0.25, 0.3) is 0 Å². The number of hydrogen-bond acceptors (Lipinski definition) is 3. The van der Waals surface area contributed by atoms with E-state index in [0.717, 1.165) is 18.8 Å². The number of amides is 1. The van der Waals surface area contributed by atoms with Gasteiger partial charge in [-0.05, 0) is 25.7 Å². The van der Waals surface area contributed by atoms with Crippen LogP contribution in [0.25, 0.3) is 0 Å². The smallest absolute Gasteiger partial charge is 0.220 e. The molecular formula is C14H25N3O2. The monoisotopic (exact) mass is 267 g/mol. The van der Waals surface area contributed by atoms with Crippen molar-refractivity contribution in [2.24, 2.45) is 5.92 Å². The Balaban J connectivity index is 2.13.